The molecule has 4 heteroatoms. The number of halogens is 1. The zero-order chi connectivity index (χ0) is 15.5. The molecule has 0 saturated heterocycles. The van der Waals surface area contributed by atoms with Gasteiger partial charge in [-0.05, 0) is 43.9 Å². The van der Waals surface area contributed by atoms with Gasteiger partial charge in [-0.1, -0.05) is 19.9 Å². The summed E-state index contributed by atoms with van der Waals surface area (Å²) >= 11 is 0. The first kappa shape index (κ1) is 16.2. The topological polar surface area (TPSA) is 35.5 Å². The third-order valence-electron chi connectivity index (χ3n) is 4.18. The number of nitrogens with one attached hydrogen (secondary N) is 1. The van der Waals surface area contributed by atoms with Crippen LogP contribution in [0.4, 0.5) is 10.1 Å². The minimum atomic E-state index is -0.237. The van der Waals surface area contributed by atoms with Crippen molar-refractivity contribution in [1.82, 2.24) is 5.32 Å². The molecule has 1 aromatic rings. The first-order chi connectivity index (χ1) is 9.93. The standard InChI is InChI=1S/C17H27FN2O/c1-13(2)19-17(3,12-21)8-4-9-20-10-7-14-5-6-15(18)11-16(14)20/h5-6,11,13,19,21H,4,7-10,12H2,1-3H3. The Hall–Kier alpha value is -1.13. The Labute approximate surface area is 127 Å². The largest absolute Gasteiger partial charge is 0.394 e. The van der Waals surface area contributed by atoms with E-state index in [-0.39, 0.29) is 18.0 Å². The first-order valence-electron chi connectivity index (χ1n) is 7.85. The Kier molecular flexibility index (Phi) is 5.22. The minimum Gasteiger partial charge on any atom is -0.394 e. The summed E-state index contributed by atoms with van der Waals surface area (Å²) in [7, 11) is 0. The highest BCUT2D eigenvalue weighted by atomic mass is 19.1. The van der Waals surface area contributed by atoms with Gasteiger partial charge in [0.15, 0.2) is 0 Å². The van der Waals surface area contributed by atoms with E-state index in [1.807, 2.05) is 6.07 Å². The average Bonchev–Trinajstić information content (AvgIpc) is 2.80. The second-order valence-electron chi connectivity index (χ2n) is 6.63. The predicted octanol–water partition coefficient (Wildman–Crippen LogP) is 2.72. The molecule has 3 nitrogen and oxygen atoms in total. The molecule has 2 N–H and O–H groups in total. The van der Waals surface area contributed by atoms with Gasteiger partial charge in [0.25, 0.3) is 0 Å². The third-order valence-corrected chi connectivity index (χ3v) is 4.18. The van der Waals surface area contributed by atoms with Crippen molar-refractivity contribution >= 4 is 5.69 Å². The molecular weight excluding hydrogens is 267 g/mol. The lowest BCUT2D eigenvalue weighted by Gasteiger charge is -2.32. The van der Waals surface area contributed by atoms with E-state index in [1.54, 1.807) is 6.07 Å². The monoisotopic (exact) mass is 294 g/mol. The maximum Gasteiger partial charge on any atom is 0.125 e. The smallest absolute Gasteiger partial charge is 0.125 e. The van der Waals surface area contributed by atoms with Crippen LogP contribution in [0.15, 0.2) is 18.2 Å². The Bertz CT molecular complexity index is 478. The van der Waals surface area contributed by atoms with Crippen molar-refractivity contribution in [3.8, 4) is 0 Å². The first-order valence-corrected chi connectivity index (χ1v) is 7.85. The summed E-state index contributed by atoms with van der Waals surface area (Å²) in [6, 6.07) is 5.42. The molecular formula is C17H27FN2O. The summed E-state index contributed by atoms with van der Waals surface area (Å²) in [6.07, 6.45) is 2.88. The molecule has 1 heterocycles. The number of fused-ring (bicyclic) bond motifs is 1. The number of rotatable bonds is 7. The molecule has 0 amide bonds. The van der Waals surface area contributed by atoms with Crippen molar-refractivity contribution in [2.75, 3.05) is 24.6 Å². The second kappa shape index (κ2) is 6.75. The van der Waals surface area contributed by atoms with Crippen molar-refractivity contribution in [1.29, 1.82) is 0 Å². The van der Waals surface area contributed by atoms with E-state index in [2.05, 4.69) is 31.0 Å². The lowest BCUT2D eigenvalue weighted by molar-refractivity contribution is 0.155. The Morgan fingerprint density at radius 1 is 1.43 bits per heavy atom. The van der Waals surface area contributed by atoms with Gasteiger partial charge in [-0.25, -0.2) is 4.39 Å². The normalized spacial score (nSPS) is 17.1. The summed E-state index contributed by atoms with van der Waals surface area (Å²) < 4.78 is 13.4. The molecule has 0 bridgehead atoms. The minimum absolute atomic E-state index is 0.135. The van der Waals surface area contributed by atoms with Gasteiger partial charge in [0, 0.05) is 30.4 Å². The number of hydrogen-bond donors (Lipinski definition) is 2. The number of aliphatic hydroxyl groups excluding tert-OH is 1. The van der Waals surface area contributed by atoms with Crippen molar-refractivity contribution in [2.24, 2.45) is 0 Å². The Morgan fingerprint density at radius 2 is 2.19 bits per heavy atom. The molecule has 0 aromatic heterocycles. The van der Waals surface area contributed by atoms with Crippen LogP contribution in [-0.4, -0.2) is 36.4 Å². The summed E-state index contributed by atoms with van der Waals surface area (Å²) in [5.74, 6) is -0.165. The number of aliphatic hydroxyl groups is 1. The average molecular weight is 294 g/mol. The van der Waals surface area contributed by atoms with Crippen LogP contribution in [0.25, 0.3) is 0 Å². The van der Waals surface area contributed by atoms with Gasteiger partial charge in [-0.15, -0.1) is 0 Å². The Balaban J connectivity index is 1.89. The van der Waals surface area contributed by atoms with Gasteiger partial charge >= 0.3 is 0 Å². The molecule has 1 aliphatic heterocycles. The molecule has 118 valence electrons. The third kappa shape index (κ3) is 4.17. The molecule has 0 spiro atoms. The highest BCUT2D eigenvalue weighted by Crippen LogP contribution is 2.29. The number of benzene rings is 1. The van der Waals surface area contributed by atoms with Crippen LogP contribution in [0, 0.1) is 5.82 Å². The highest BCUT2D eigenvalue weighted by Gasteiger charge is 2.25. The summed E-state index contributed by atoms with van der Waals surface area (Å²) in [5, 5.41) is 13.0. The van der Waals surface area contributed by atoms with E-state index in [0.29, 0.717) is 6.04 Å². The van der Waals surface area contributed by atoms with Crippen LogP contribution in [-0.2, 0) is 6.42 Å². The van der Waals surface area contributed by atoms with E-state index >= 15 is 0 Å². The molecule has 1 aliphatic rings. The number of anilines is 1. The molecule has 0 saturated carbocycles. The lowest BCUT2D eigenvalue weighted by atomic mass is 9.95. The lowest BCUT2D eigenvalue weighted by Crippen LogP contribution is -2.49. The summed E-state index contributed by atoms with van der Waals surface area (Å²) in [6.45, 7) is 8.25. The van der Waals surface area contributed by atoms with E-state index in [9.17, 15) is 9.50 Å². The van der Waals surface area contributed by atoms with E-state index in [4.69, 9.17) is 0 Å². The van der Waals surface area contributed by atoms with Crippen molar-refractivity contribution < 1.29 is 9.50 Å². The highest BCUT2D eigenvalue weighted by molar-refractivity contribution is 5.58. The quantitative estimate of drug-likeness (QED) is 0.811. The van der Waals surface area contributed by atoms with Gasteiger partial charge in [-0.3, -0.25) is 0 Å². The summed E-state index contributed by atoms with van der Waals surface area (Å²) in [5.41, 5.74) is 2.04. The van der Waals surface area contributed by atoms with Gasteiger partial charge < -0.3 is 15.3 Å². The maximum absolute atomic E-state index is 13.4. The van der Waals surface area contributed by atoms with Crippen molar-refractivity contribution in [2.45, 2.75) is 51.6 Å². The molecule has 21 heavy (non-hydrogen) atoms. The van der Waals surface area contributed by atoms with Crippen LogP contribution < -0.4 is 10.2 Å². The zero-order valence-corrected chi connectivity index (χ0v) is 13.3. The van der Waals surface area contributed by atoms with E-state index < -0.39 is 0 Å². The molecule has 0 aliphatic carbocycles. The second-order valence-corrected chi connectivity index (χ2v) is 6.63. The van der Waals surface area contributed by atoms with Crippen LogP contribution in [0.5, 0.6) is 0 Å². The number of nitrogens with zero attached hydrogens (tertiary/aromatic N) is 1. The molecule has 0 radical (unpaired) electrons. The molecule has 1 aromatic carbocycles. The van der Waals surface area contributed by atoms with Crippen molar-refractivity contribution in [3.63, 3.8) is 0 Å². The van der Waals surface area contributed by atoms with Gasteiger partial charge in [0.1, 0.15) is 5.82 Å². The van der Waals surface area contributed by atoms with E-state index in [0.717, 1.165) is 38.0 Å². The molecule has 1 atom stereocenters. The van der Waals surface area contributed by atoms with Crippen molar-refractivity contribution in [3.05, 3.63) is 29.6 Å². The van der Waals surface area contributed by atoms with Crippen LogP contribution >= 0.6 is 0 Å². The van der Waals surface area contributed by atoms with Gasteiger partial charge in [-0.2, -0.15) is 0 Å². The maximum atomic E-state index is 13.4. The molecule has 0 fully saturated rings. The fourth-order valence-corrected chi connectivity index (χ4v) is 3.20. The van der Waals surface area contributed by atoms with E-state index in [1.165, 1.54) is 11.6 Å². The zero-order valence-electron chi connectivity index (χ0n) is 13.3. The van der Waals surface area contributed by atoms with Crippen LogP contribution in [0.3, 0.4) is 0 Å². The van der Waals surface area contributed by atoms with Gasteiger partial charge in [0.2, 0.25) is 0 Å². The number of hydrogen-bond acceptors (Lipinski definition) is 3. The molecule has 2 rings (SSSR count). The summed E-state index contributed by atoms with van der Waals surface area (Å²) in [4.78, 5) is 2.26. The fourth-order valence-electron chi connectivity index (χ4n) is 3.20. The predicted molar refractivity (Wildman–Crippen MR) is 85.3 cm³/mol. The Morgan fingerprint density at radius 3 is 2.86 bits per heavy atom. The fraction of sp³-hybridized carbons (Fsp3) is 0.647. The van der Waals surface area contributed by atoms with Gasteiger partial charge in [0.05, 0.1) is 6.61 Å². The SMILES string of the molecule is CC(C)NC(C)(CO)CCCN1CCc2ccc(F)cc21. The van der Waals surface area contributed by atoms with Crippen LogP contribution in [0.2, 0.25) is 0 Å². The molecule has 1 unspecified atom stereocenters. The van der Waals surface area contributed by atoms with Crippen LogP contribution in [0.1, 0.15) is 39.2 Å².